The lowest BCUT2D eigenvalue weighted by molar-refractivity contribution is -0.0231. The summed E-state index contributed by atoms with van der Waals surface area (Å²) < 4.78 is 20.3. The number of carboxylic acid groups (broad SMARTS) is 1. The molecule has 1 aliphatic heterocycles. The van der Waals surface area contributed by atoms with E-state index in [1.54, 1.807) is 23.0 Å². The lowest BCUT2D eigenvalue weighted by atomic mass is 10.0. The maximum Gasteiger partial charge on any atom is 0.407 e. The first-order chi connectivity index (χ1) is 13.1. The van der Waals surface area contributed by atoms with Crippen molar-refractivity contribution in [2.45, 2.75) is 6.10 Å². The fourth-order valence-corrected chi connectivity index (χ4v) is 3.01. The number of hydrogen-bond donors (Lipinski definition) is 1. The van der Waals surface area contributed by atoms with Gasteiger partial charge in [-0.05, 0) is 29.8 Å². The Bertz CT molecular complexity index is 940. The summed E-state index contributed by atoms with van der Waals surface area (Å²) in [5.74, 6) is -0.305. The van der Waals surface area contributed by atoms with Crippen LogP contribution in [0.5, 0.6) is 0 Å². The molecule has 1 N–H and O–H groups in total. The molecule has 2 heterocycles. The lowest BCUT2D eigenvalue weighted by Crippen LogP contribution is -2.41. The van der Waals surface area contributed by atoms with Crippen molar-refractivity contribution in [2.24, 2.45) is 0 Å². The van der Waals surface area contributed by atoms with Gasteiger partial charge in [0.1, 0.15) is 17.6 Å². The monoisotopic (exact) mass is 368 g/mol. The van der Waals surface area contributed by atoms with Gasteiger partial charge in [-0.25, -0.2) is 13.9 Å². The second-order valence-electron chi connectivity index (χ2n) is 6.23. The number of benzene rings is 2. The average molecular weight is 368 g/mol. The third kappa shape index (κ3) is 3.65. The Balaban J connectivity index is 1.51. The first-order valence-corrected chi connectivity index (χ1v) is 8.48. The van der Waals surface area contributed by atoms with E-state index >= 15 is 0 Å². The zero-order valence-electron chi connectivity index (χ0n) is 14.3. The Morgan fingerprint density at radius 1 is 1.15 bits per heavy atom. The van der Waals surface area contributed by atoms with Gasteiger partial charge in [0.2, 0.25) is 0 Å². The summed E-state index contributed by atoms with van der Waals surface area (Å²) in [6, 6.07) is 13.6. The summed E-state index contributed by atoms with van der Waals surface area (Å²) in [7, 11) is 0. The van der Waals surface area contributed by atoms with Gasteiger partial charge in [0.05, 0.1) is 25.0 Å². The van der Waals surface area contributed by atoms with Crippen LogP contribution in [-0.4, -0.2) is 50.8 Å². The minimum absolute atomic E-state index is 0.279. The SMILES string of the molecule is O=C(O)N1CCOC(c2ccc(-c3cn(-c4ccc(F)cc4)nn3)cc2)C1. The molecule has 8 heteroatoms. The summed E-state index contributed by atoms with van der Waals surface area (Å²) in [6.45, 7) is 1.08. The smallest absolute Gasteiger partial charge is 0.407 e. The first kappa shape index (κ1) is 17.2. The summed E-state index contributed by atoms with van der Waals surface area (Å²) in [6.07, 6.45) is 0.557. The van der Waals surface area contributed by atoms with Crippen LogP contribution in [0.15, 0.2) is 54.7 Å². The topological polar surface area (TPSA) is 80.5 Å². The predicted octanol–water partition coefficient (Wildman–Crippen LogP) is 3.12. The molecule has 1 fully saturated rings. The molecule has 0 saturated carbocycles. The standard InChI is InChI=1S/C19H17FN4O3/c20-15-5-7-16(8-6-15)24-11-17(21-22-24)13-1-3-14(4-2-13)18-12-23(19(25)26)9-10-27-18/h1-8,11,18H,9-10,12H2,(H,25,26). The first-order valence-electron chi connectivity index (χ1n) is 8.48. The van der Waals surface area contributed by atoms with Crippen LogP contribution in [0.1, 0.15) is 11.7 Å². The van der Waals surface area contributed by atoms with E-state index in [2.05, 4.69) is 10.3 Å². The van der Waals surface area contributed by atoms with Crippen molar-refractivity contribution < 1.29 is 19.0 Å². The van der Waals surface area contributed by atoms with E-state index in [0.29, 0.717) is 25.4 Å². The van der Waals surface area contributed by atoms with Crippen LogP contribution in [0.3, 0.4) is 0 Å². The van der Waals surface area contributed by atoms with Crippen LogP contribution in [0, 0.1) is 5.82 Å². The number of ether oxygens (including phenoxy) is 1. The normalized spacial score (nSPS) is 17.1. The molecule has 0 radical (unpaired) electrons. The number of rotatable bonds is 3. The molecule has 0 spiro atoms. The highest BCUT2D eigenvalue weighted by Crippen LogP contribution is 2.25. The van der Waals surface area contributed by atoms with Gasteiger partial charge in [0.25, 0.3) is 0 Å². The number of carbonyl (C=O) groups is 1. The fourth-order valence-electron chi connectivity index (χ4n) is 3.01. The summed E-state index contributed by atoms with van der Waals surface area (Å²) in [5, 5.41) is 17.4. The van der Waals surface area contributed by atoms with Crippen molar-refractivity contribution in [1.82, 2.24) is 19.9 Å². The van der Waals surface area contributed by atoms with E-state index in [1.807, 2.05) is 24.3 Å². The van der Waals surface area contributed by atoms with E-state index in [1.165, 1.54) is 17.0 Å². The highest BCUT2D eigenvalue weighted by atomic mass is 19.1. The molecule has 4 rings (SSSR count). The third-order valence-electron chi connectivity index (χ3n) is 4.50. The summed E-state index contributed by atoms with van der Waals surface area (Å²) in [5.41, 5.74) is 3.19. The van der Waals surface area contributed by atoms with Gasteiger partial charge in [0.15, 0.2) is 0 Å². The molecular weight excluding hydrogens is 351 g/mol. The second-order valence-corrected chi connectivity index (χ2v) is 6.23. The van der Waals surface area contributed by atoms with Crippen LogP contribution in [0.25, 0.3) is 16.9 Å². The van der Waals surface area contributed by atoms with E-state index in [4.69, 9.17) is 9.84 Å². The van der Waals surface area contributed by atoms with E-state index in [9.17, 15) is 9.18 Å². The Kier molecular flexibility index (Phi) is 4.55. The van der Waals surface area contributed by atoms with E-state index < -0.39 is 6.09 Å². The Morgan fingerprint density at radius 3 is 2.59 bits per heavy atom. The highest BCUT2D eigenvalue weighted by Gasteiger charge is 2.25. The van der Waals surface area contributed by atoms with Crippen molar-refractivity contribution in [3.8, 4) is 16.9 Å². The molecule has 0 aliphatic carbocycles. The van der Waals surface area contributed by atoms with Crippen molar-refractivity contribution in [1.29, 1.82) is 0 Å². The zero-order chi connectivity index (χ0) is 18.8. The molecule has 1 unspecified atom stereocenters. The molecule has 138 valence electrons. The number of amides is 1. The van der Waals surface area contributed by atoms with Crippen molar-refractivity contribution in [2.75, 3.05) is 19.7 Å². The van der Waals surface area contributed by atoms with Crippen LogP contribution >= 0.6 is 0 Å². The maximum absolute atomic E-state index is 13.0. The molecule has 7 nitrogen and oxygen atoms in total. The van der Waals surface area contributed by atoms with Gasteiger partial charge < -0.3 is 14.7 Å². The number of hydrogen-bond acceptors (Lipinski definition) is 4. The maximum atomic E-state index is 13.0. The molecule has 3 aromatic rings. The average Bonchev–Trinajstić information content (AvgIpc) is 3.19. The highest BCUT2D eigenvalue weighted by molar-refractivity contribution is 5.65. The summed E-state index contributed by atoms with van der Waals surface area (Å²) in [4.78, 5) is 12.5. The molecule has 27 heavy (non-hydrogen) atoms. The molecule has 1 atom stereocenters. The largest absolute Gasteiger partial charge is 0.465 e. The molecule has 1 aliphatic rings. The van der Waals surface area contributed by atoms with E-state index in [-0.39, 0.29) is 11.9 Å². The number of aromatic nitrogens is 3. The van der Waals surface area contributed by atoms with Gasteiger partial charge in [-0.15, -0.1) is 5.10 Å². The number of nitrogens with zero attached hydrogens (tertiary/aromatic N) is 4. The molecule has 1 aromatic heterocycles. The van der Waals surface area contributed by atoms with Crippen LogP contribution in [0.4, 0.5) is 9.18 Å². The van der Waals surface area contributed by atoms with Crippen molar-refractivity contribution in [3.05, 3.63) is 66.1 Å². The Labute approximate surface area is 154 Å². The molecule has 1 amide bonds. The minimum Gasteiger partial charge on any atom is -0.465 e. The van der Waals surface area contributed by atoms with Crippen LogP contribution in [-0.2, 0) is 4.74 Å². The van der Waals surface area contributed by atoms with Crippen molar-refractivity contribution in [3.63, 3.8) is 0 Å². The van der Waals surface area contributed by atoms with Gasteiger partial charge in [-0.2, -0.15) is 0 Å². The predicted molar refractivity (Wildman–Crippen MR) is 95.0 cm³/mol. The Hall–Kier alpha value is -3.26. The molecule has 0 bridgehead atoms. The molecule has 1 saturated heterocycles. The van der Waals surface area contributed by atoms with Crippen LogP contribution in [0.2, 0.25) is 0 Å². The lowest BCUT2D eigenvalue weighted by Gasteiger charge is -2.31. The number of halogens is 1. The summed E-state index contributed by atoms with van der Waals surface area (Å²) >= 11 is 0. The number of morpholine rings is 1. The molecular formula is C19H17FN4O3. The fraction of sp³-hybridized carbons (Fsp3) is 0.211. The quantitative estimate of drug-likeness (QED) is 0.768. The van der Waals surface area contributed by atoms with E-state index in [0.717, 1.165) is 16.8 Å². The minimum atomic E-state index is -0.933. The van der Waals surface area contributed by atoms with Crippen LogP contribution < -0.4 is 0 Å². The van der Waals surface area contributed by atoms with Gasteiger partial charge in [-0.3, -0.25) is 0 Å². The third-order valence-corrected chi connectivity index (χ3v) is 4.50. The zero-order valence-corrected chi connectivity index (χ0v) is 14.3. The van der Waals surface area contributed by atoms with Gasteiger partial charge >= 0.3 is 6.09 Å². The molecule has 2 aromatic carbocycles. The van der Waals surface area contributed by atoms with Gasteiger partial charge in [-0.1, -0.05) is 29.5 Å². The Morgan fingerprint density at radius 2 is 1.89 bits per heavy atom. The van der Waals surface area contributed by atoms with Crippen molar-refractivity contribution >= 4 is 6.09 Å². The second kappa shape index (κ2) is 7.16. The van der Waals surface area contributed by atoms with Gasteiger partial charge in [0, 0.05) is 12.1 Å².